The third-order valence-electron chi connectivity index (χ3n) is 4.60. The van der Waals surface area contributed by atoms with Gasteiger partial charge in [0.25, 0.3) is 0 Å². The number of ether oxygens (including phenoxy) is 1. The molecule has 3 unspecified atom stereocenters. The molecule has 0 aliphatic heterocycles. The fourth-order valence-electron chi connectivity index (χ4n) is 3.23. The molecular weight excluding hydrogens is 276 g/mol. The molecule has 1 amide bonds. The zero-order chi connectivity index (χ0) is 16.2. The zero-order valence-corrected chi connectivity index (χ0v) is 13.9. The number of hydrogen-bond acceptors (Lipinski definition) is 3. The van der Waals surface area contributed by atoms with Crippen LogP contribution in [0.15, 0.2) is 24.3 Å². The van der Waals surface area contributed by atoms with E-state index in [1.807, 2.05) is 45.0 Å². The molecule has 1 fully saturated rings. The van der Waals surface area contributed by atoms with Gasteiger partial charge in [0.1, 0.15) is 5.75 Å². The summed E-state index contributed by atoms with van der Waals surface area (Å²) in [7, 11) is 0. The SMILES string of the molecule is CCOc1cccc(C(C)NC(=O)C2CCCCC2(C)N)c1. The van der Waals surface area contributed by atoms with Gasteiger partial charge in [0.15, 0.2) is 0 Å². The Hall–Kier alpha value is -1.55. The third kappa shape index (κ3) is 4.01. The molecule has 0 aromatic heterocycles. The maximum atomic E-state index is 12.6. The number of nitrogens with two attached hydrogens (primary N) is 1. The third-order valence-corrected chi connectivity index (χ3v) is 4.60. The van der Waals surface area contributed by atoms with Crippen molar-refractivity contribution in [1.82, 2.24) is 5.32 Å². The number of carbonyl (C=O) groups is 1. The lowest BCUT2D eigenvalue weighted by Crippen LogP contribution is -2.53. The lowest BCUT2D eigenvalue weighted by molar-refractivity contribution is -0.128. The van der Waals surface area contributed by atoms with E-state index in [4.69, 9.17) is 10.5 Å². The van der Waals surface area contributed by atoms with E-state index in [2.05, 4.69) is 5.32 Å². The fraction of sp³-hybridized carbons (Fsp3) is 0.611. The summed E-state index contributed by atoms with van der Waals surface area (Å²) in [5.74, 6) is 0.806. The van der Waals surface area contributed by atoms with Crippen LogP contribution in [0, 0.1) is 5.92 Å². The topological polar surface area (TPSA) is 64.3 Å². The largest absolute Gasteiger partial charge is 0.494 e. The molecule has 1 aromatic rings. The van der Waals surface area contributed by atoms with Crippen molar-refractivity contribution in [3.8, 4) is 5.75 Å². The Morgan fingerprint density at radius 3 is 2.95 bits per heavy atom. The highest BCUT2D eigenvalue weighted by Crippen LogP contribution is 2.32. The summed E-state index contributed by atoms with van der Waals surface area (Å²) >= 11 is 0. The molecule has 0 bridgehead atoms. The molecule has 0 spiro atoms. The van der Waals surface area contributed by atoms with E-state index in [0.717, 1.165) is 37.0 Å². The first-order valence-electron chi connectivity index (χ1n) is 8.26. The Morgan fingerprint density at radius 2 is 2.27 bits per heavy atom. The minimum Gasteiger partial charge on any atom is -0.494 e. The summed E-state index contributed by atoms with van der Waals surface area (Å²) in [6.07, 6.45) is 3.99. The minimum atomic E-state index is -0.394. The molecule has 22 heavy (non-hydrogen) atoms. The molecule has 1 aromatic carbocycles. The Kier molecular flexibility index (Phi) is 5.46. The second-order valence-electron chi connectivity index (χ2n) is 6.54. The normalized spacial score (nSPS) is 26.3. The second kappa shape index (κ2) is 7.14. The van der Waals surface area contributed by atoms with Crippen LogP contribution in [-0.2, 0) is 4.79 Å². The van der Waals surface area contributed by atoms with E-state index in [9.17, 15) is 4.79 Å². The molecule has 2 rings (SSSR count). The van der Waals surface area contributed by atoms with Crippen LogP contribution in [0.2, 0.25) is 0 Å². The lowest BCUT2D eigenvalue weighted by atomic mass is 9.74. The monoisotopic (exact) mass is 304 g/mol. The molecule has 0 radical (unpaired) electrons. The van der Waals surface area contributed by atoms with E-state index < -0.39 is 5.54 Å². The highest BCUT2D eigenvalue weighted by atomic mass is 16.5. The molecule has 3 N–H and O–H groups in total. The van der Waals surface area contributed by atoms with Gasteiger partial charge in [-0.05, 0) is 51.3 Å². The van der Waals surface area contributed by atoms with Crippen LogP contribution >= 0.6 is 0 Å². The van der Waals surface area contributed by atoms with Crippen molar-refractivity contribution in [2.45, 2.75) is 58.0 Å². The predicted octanol–water partition coefficient (Wildman–Crippen LogP) is 3.17. The van der Waals surface area contributed by atoms with Gasteiger partial charge in [0.05, 0.1) is 18.6 Å². The standard InChI is InChI=1S/C18H28N2O2/c1-4-22-15-9-7-8-14(12-15)13(2)20-17(21)16-10-5-6-11-18(16,3)19/h7-9,12-13,16H,4-6,10-11,19H2,1-3H3,(H,20,21). The van der Waals surface area contributed by atoms with Crippen molar-refractivity contribution in [2.24, 2.45) is 11.7 Å². The summed E-state index contributed by atoms with van der Waals surface area (Å²) in [4.78, 5) is 12.6. The van der Waals surface area contributed by atoms with E-state index in [0.29, 0.717) is 6.61 Å². The smallest absolute Gasteiger partial charge is 0.225 e. The van der Waals surface area contributed by atoms with Gasteiger partial charge in [0, 0.05) is 5.54 Å². The zero-order valence-electron chi connectivity index (χ0n) is 13.9. The summed E-state index contributed by atoms with van der Waals surface area (Å²) in [6.45, 7) is 6.59. The van der Waals surface area contributed by atoms with E-state index >= 15 is 0 Å². The van der Waals surface area contributed by atoms with Gasteiger partial charge in [-0.15, -0.1) is 0 Å². The summed E-state index contributed by atoms with van der Waals surface area (Å²) in [5, 5.41) is 3.12. The number of hydrogen-bond donors (Lipinski definition) is 2. The van der Waals surface area contributed by atoms with Gasteiger partial charge in [-0.25, -0.2) is 0 Å². The first-order chi connectivity index (χ1) is 10.4. The van der Waals surface area contributed by atoms with Crippen molar-refractivity contribution < 1.29 is 9.53 Å². The van der Waals surface area contributed by atoms with Crippen LogP contribution in [0.3, 0.4) is 0 Å². The molecule has 0 saturated heterocycles. The molecule has 4 nitrogen and oxygen atoms in total. The molecule has 1 saturated carbocycles. The fourth-order valence-corrected chi connectivity index (χ4v) is 3.23. The number of nitrogens with one attached hydrogen (secondary N) is 1. The number of benzene rings is 1. The molecule has 1 aliphatic rings. The lowest BCUT2D eigenvalue weighted by Gasteiger charge is -2.37. The summed E-state index contributed by atoms with van der Waals surface area (Å²) in [5.41, 5.74) is 6.98. The molecule has 1 aliphatic carbocycles. The van der Waals surface area contributed by atoms with Crippen molar-refractivity contribution in [1.29, 1.82) is 0 Å². The molecule has 4 heteroatoms. The van der Waals surface area contributed by atoms with Crippen LogP contribution in [0.1, 0.15) is 58.1 Å². The first-order valence-corrected chi connectivity index (χ1v) is 8.26. The van der Waals surface area contributed by atoms with Gasteiger partial charge in [0.2, 0.25) is 5.91 Å². The van der Waals surface area contributed by atoms with Gasteiger partial charge in [-0.1, -0.05) is 25.0 Å². The van der Waals surface area contributed by atoms with Crippen molar-refractivity contribution in [2.75, 3.05) is 6.61 Å². The first kappa shape index (κ1) is 16.8. The molecular formula is C18H28N2O2. The second-order valence-corrected chi connectivity index (χ2v) is 6.54. The highest BCUT2D eigenvalue weighted by molar-refractivity contribution is 5.80. The van der Waals surface area contributed by atoms with Gasteiger partial charge in [-0.3, -0.25) is 4.79 Å². The van der Waals surface area contributed by atoms with Crippen molar-refractivity contribution >= 4 is 5.91 Å². The van der Waals surface area contributed by atoms with E-state index in [1.54, 1.807) is 0 Å². The maximum absolute atomic E-state index is 12.6. The predicted molar refractivity (Wildman–Crippen MR) is 88.7 cm³/mol. The Morgan fingerprint density at radius 1 is 1.50 bits per heavy atom. The number of carbonyl (C=O) groups excluding carboxylic acids is 1. The highest BCUT2D eigenvalue weighted by Gasteiger charge is 2.38. The van der Waals surface area contributed by atoms with Gasteiger partial charge >= 0.3 is 0 Å². The number of amides is 1. The van der Waals surface area contributed by atoms with Crippen molar-refractivity contribution in [3.05, 3.63) is 29.8 Å². The maximum Gasteiger partial charge on any atom is 0.225 e. The van der Waals surface area contributed by atoms with Gasteiger partial charge < -0.3 is 15.8 Å². The van der Waals surface area contributed by atoms with E-state index in [1.165, 1.54) is 0 Å². The quantitative estimate of drug-likeness (QED) is 0.878. The van der Waals surface area contributed by atoms with Crippen LogP contribution in [-0.4, -0.2) is 18.1 Å². The molecule has 3 atom stereocenters. The Labute approximate surface area is 133 Å². The van der Waals surface area contributed by atoms with Crippen LogP contribution in [0.4, 0.5) is 0 Å². The average molecular weight is 304 g/mol. The summed E-state index contributed by atoms with van der Waals surface area (Å²) in [6, 6.07) is 7.83. The summed E-state index contributed by atoms with van der Waals surface area (Å²) < 4.78 is 5.52. The van der Waals surface area contributed by atoms with Crippen LogP contribution in [0.25, 0.3) is 0 Å². The van der Waals surface area contributed by atoms with Crippen molar-refractivity contribution in [3.63, 3.8) is 0 Å². The minimum absolute atomic E-state index is 0.0503. The number of rotatable bonds is 5. The van der Waals surface area contributed by atoms with Crippen LogP contribution < -0.4 is 15.8 Å². The molecule has 0 heterocycles. The Bertz CT molecular complexity index is 514. The van der Waals surface area contributed by atoms with Crippen LogP contribution in [0.5, 0.6) is 5.75 Å². The Balaban J connectivity index is 2.03. The van der Waals surface area contributed by atoms with E-state index in [-0.39, 0.29) is 17.9 Å². The average Bonchev–Trinajstić information content (AvgIpc) is 2.47. The van der Waals surface area contributed by atoms with Gasteiger partial charge in [-0.2, -0.15) is 0 Å². The molecule has 122 valence electrons.